The van der Waals surface area contributed by atoms with E-state index in [2.05, 4.69) is 9.71 Å². The van der Waals surface area contributed by atoms with E-state index in [-0.39, 0.29) is 20.6 Å². The van der Waals surface area contributed by atoms with Crippen LogP contribution in [0.25, 0.3) is 0 Å². The Hall–Kier alpha value is -1.48. The summed E-state index contributed by atoms with van der Waals surface area (Å²) in [6.45, 7) is 1.88. The summed E-state index contributed by atoms with van der Waals surface area (Å²) in [5.74, 6) is 0.0619. The van der Waals surface area contributed by atoms with Crippen LogP contribution >= 0.6 is 35.0 Å². The Kier molecular flexibility index (Phi) is 5.63. The van der Waals surface area contributed by atoms with Crippen molar-refractivity contribution in [2.24, 2.45) is 10.7 Å². The van der Waals surface area contributed by atoms with Gasteiger partial charge in [-0.05, 0) is 49.2 Å². The van der Waals surface area contributed by atoms with Crippen molar-refractivity contribution in [2.45, 2.75) is 23.8 Å². The molecule has 2 aromatic carbocycles. The van der Waals surface area contributed by atoms with Crippen molar-refractivity contribution in [3.63, 3.8) is 0 Å². The molecule has 0 aromatic heterocycles. The number of nitrogens with one attached hydrogen (secondary N) is 1. The molecule has 5 nitrogen and oxygen atoms in total. The van der Waals surface area contributed by atoms with E-state index in [1.807, 2.05) is 6.92 Å². The van der Waals surface area contributed by atoms with Gasteiger partial charge in [0.25, 0.3) is 10.0 Å². The maximum atomic E-state index is 14.3. The minimum Gasteiger partial charge on any atom is -0.379 e. The average molecular weight is 448 g/mol. The number of nitrogens with zero attached hydrogens (tertiary/aromatic N) is 1. The number of hydrogen-bond donors (Lipinski definition) is 2. The van der Waals surface area contributed by atoms with Gasteiger partial charge in [-0.2, -0.15) is 0 Å². The zero-order valence-corrected chi connectivity index (χ0v) is 17.3. The van der Waals surface area contributed by atoms with Gasteiger partial charge in [-0.1, -0.05) is 41.0 Å². The lowest BCUT2D eigenvalue weighted by Gasteiger charge is -2.30. The quantitative estimate of drug-likeness (QED) is 0.716. The van der Waals surface area contributed by atoms with E-state index in [4.69, 9.17) is 28.9 Å². The SMILES string of the molecule is CC1(c2ccc(F)c(NS(=O)(=O)c3cc(Cl)cc(Cl)c3)c2)CCSC(N)=N1. The highest BCUT2D eigenvalue weighted by Gasteiger charge is 2.30. The van der Waals surface area contributed by atoms with Crippen LogP contribution in [0.5, 0.6) is 0 Å². The Morgan fingerprint density at radius 2 is 1.89 bits per heavy atom. The van der Waals surface area contributed by atoms with Gasteiger partial charge in [0.05, 0.1) is 16.1 Å². The maximum absolute atomic E-state index is 14.3. The fraction of sp³-hybridized carbons (Fsp3) is 0.235. The first-order valence-electron chi connectivity index (χ1n) is 7.86. The predicted octanol–water partition coefficient (Wildman–Crippen LogP) is 4.60. The summed E-state index contributed by atoms with van der Waals surface area (Å²) in [5, 5.41) is 0.770. The smallest absolute Gasteiger partial charge is 0.262 e. The normalized spacial score (nSPS) is 20.2. The Morgan fingerprint density at radius 3 is 2.52 bits per heavy atom. The molecule has 1 aliphatic rings. The highest BCUT2D eigenvalue weighted by Crippen LogP contribution is 2.37. The number of amidine groups is 1. The first kappa shape index (κ1) is 20.3. The molecule has 10 heteroatoms. The number of rotatable bonds is 4. The second-order valence-corrected chi connectivity index (χ2v) is 9.90. The molecule has 3 N–H and O–H groups in total. The lowest BCUT2D eigenvalue weighted by Crippen LogP contribution is -2.29. The summed E-state index contributed by atoms with van der Waals surface area (Å²) in [6.07, 6.45) is 0.695. The number of sulfonamides is 1. The van der Waals surface area contributed by atoms with Crippen LogP contribution in [0.3, 0.4) is 0 Å². The largest absolute Gasteiger partial charge is 0.379 e. The monoisotopic (exact) mass is 447 g/mol. The number of anilines is 1. The Balaban J connectivity index is 1.99. The summed E-state index contributed by atoms with van der Waals surface area (Å²) in [4.78, 5) is 4.30. The Labute approximate surface area is 171 Å². The number of halogens is 3. The van der Waals surface area contributed by atoms with Gasteiger partial charge in [-0.15, -0.1) is 0 Å². The zero-order valence-electron chi connectivity index (χ0n) is 14.2. The van der Waals surface area contributed by atoms with E-state index in [0.717, 1.165) is 5.75 Å². The molecule has 144 valence electrons. The first-order chi connectivity index (χ1) is 12.6. The molecule has 2 aromatic rings. The molecule has 0 amide bonds. The topological polar surface area (TPSA) is 84.5 Å². The number of benzene rings is 2. The second kappa shape index (κ2) is 7.50. The number of aliphatic imine (C=N–C) groups is 1. The Bertz CT molecular complexity index is 1010. The zero-order chi connectivity index (χ0) is 19.8. The van der Waals surface area contributed by atoms with Crippen molar-refractivity contribution in [1.82, 2.24) is 0 Å². The third-order valence-corrected chi connectivity index (χ3v) is 6.75. The van der Waals surface area contributed by atoms with Gasteiger partial charge in [-0.3, -0.25) is 9.71 Å². The molecule has 1 aliphatic heterocycles. The van der Waals surface area contributed by atoms with Crippen molar-refractivity contribution in [3.05, 3.63) is 57.8 Å². The fourth-order valence-electron chi connectivity index (χ4n) is 2.72. The van der Waals surface area contributed by atoms with Crippen LogP contribution in [0, 0.1) is 5.82 Å². The molecule has 1 atom stereocenters. The molecule has 27 heavy (non-hydrogen) atoms. The van der Waals surface area contributed by atoms with Gasteiger partial charge in [0, 0.05) is 15.8 Å². The highest BCUT2D eigenvalue weighted by atomic mass is 35.5. The molecule has 0 fully saturated rings. The molecule has 1 heterocycles. The Morgan fingerprint density at radius 1 is 1.22 bits per heavy atom. The van der Waals surface area contributed by atoms with Crippen LogP contribution in [0.1, 0.15) is 18.9 Å². The highest BCUT2D eigenvalue weighted by molar-refractivity contribution is 8.13. The van der Waals surface area contributed by atoms with E-state index >= 15 is 0 Å². The van der Waals surface area contributed by atoms with E-state index < -0.39 is 21.4 Å². The van der Waals surface area contributed by atoms with Crippen LogP contribution in [0.4, 0.5) is 10.1 Å². The first-order valence-corrected chi connectivity index (χ1v) is 11.1. The molecule has 3 rings (SSSR count). The molecular weight excluding hydrogens is 432 g/mol. The average Bonchev–Trinajstić information content (AvgIpc) is 2.55. The second-order valence-electron chi connectivity index (χ2n) is 6.23. The number of hydrogen-bond acceptors (Lipinski definition) is 5. The standard InChI is InChI=1S/C17H16Cl2FN3O2S2/c1-17(4-5-26-16(21)22-17)10-2-3-14(20)15(6-10)23-27(24,25)13-8-11(18)7-12(19)9-13/h2-3,6-9,23H,4-5H2,1H3,(H2,21,22). The van der Waals surface area contributed by atoms with Crippen LogP contribution in [0.15, 0.2) is 46.3 Å². The lowest BCUT2D eigenvalue weighted by atomic mass is 9.89. The van der Waals surface area contributed by atoms with Crippen LogP contribution in [-0.4, -0.2) is 19.3 Å². The maximum Gasteiger partial charge on any atom is 0.262 e. The fourth-order valence-corrected chi connectivity index (χ4v) is 5.48. The molecule has 0 spiro atoms. The number of nitrogens with two attached hydrogens (primary N) is 1. The molecule has 0 saturated carbocycles. The molecular formula is C17H16Cl2FN3O2S2. The summed E-state index contributed by atoms with van der Waals surface area (Å²) in [5.41, 5.74) is 5.65. The third kappa shape index (κ3) is 4.51. The minimum absolute atomic E-state index is 0.160. The molecule has 0 radical (unpaired) electrons. The number of thioether (sulfide) groups is 1. The van der Waals surface area contributed by atoms with Gasteiger partial charge in [0.2, 0.25) is 0 Å². The van der Waals surface area contributed by atoms with Crippen molar-refractivity contribution in [2.75, 3.05) is 10.5 Å². The van der Waals surface area contributed by atoms with Crippen LogP contribution < -0.4 is 10.5 Å². The molecule has 0 aliphatic carbocycles. The van der Waals surface area contributed by atoms with Crippen molar-refractivity contribution in [1.29, 1.82) is 0 Å². The van der Waals surface area contributed by atoms with E-state index in [1.165, 1.54) is 42.1 Å². The van der Waals surface area contributed by atoms with E-state index in [9.17, 15) is 12.8 Å². The summed E-state index contributed by atoms with van der Waals surface area (Å²) in [6, 6.07) is 8.11. The molecule has 0 bridgehead atoms. The molecule has 0 saturated heterocycles. The van der Waals surface area contributed by atoms with Gasteiger partial charge in [0.15, 0.2) is 5.17 Å². The van der Waals surface area contributed by atoms with Crippen molar-refractivity contribution >= 4 is 55.8 Å². The van der Waals surface area contributed by atoms with Gasteiger partial charge < -0.3 is 5.73 Å². The van der Waals surface area contributed by atoms with Gasteiger partial charge in [-0.25, -0.2) is 12.8 Å². The van der Waals surface area contributed by atoms with E-state index in [1.54, 1.807) is 6.07 Å². The van der Waals surface area contributed by atoms with Crippen LogP contribution in [0.2, 0.25) is 10.0 Å². The minimum atomic E-state index is -4.08. The summed E-state index contributed by atoms with van der Waals surface area (Å²) >= 11 is 13.2. The molecule has 1 unspecified atom stereocenters. The summed E-state index contributed by atoms with van der Waals surface area (Å²) < 4.78 is 41.8. The third-order valence-electron chi connectivity index (χ3n) is 4.17. The lowest BCUT2D eigenvalue weighted by molar-refractivity contribution is 0.481. The van der Waals surface area contributed by atoms with Crippen molar-refractivity contribution < 1.29 is 12.8 Å². The van der Waals surface area contributed by atoms with Crippen molar-refractivity contribution in [3.8, 4) is 0 Å². The van der Waals surface area contributed by atoms with Gasteiger partial charge in [0.1, 0.15) is 5.82 Å². The summed E-state index contributed by atoms with van der Waals surface area (Å²) in [7, 11) is -4.08. The van der Waals surface area contributed by atoms with Gasteiger partial charge >= 0.3 is 0 Å². The predicted molar refractivity (Wildman–Crippen MR) is 110 cm³/mol. The van der Waals surface area contributed by atoms with Crippen LogP contribution in [-0.2, 0) is 15.6 Å². The van der Waals surface area contributed by atoms with E-state index in [0.29, 0.717) is 17.2 Å².